The Morgan fingerprint density at radius 3 is 0.983 bits per heavy atom. The van der Waals surface area contributed by atoms with Crippen LogP contribution in [0.15, 0.2) is 110 Å². The summed E-state index contributed by atoms with van der Waals surface area (Å²) in [5.41, 5.74) is 8.97. The summed E-state index contributed by atoms with van der Waals surface area (Å²) < 4.78 is 55.0. The van der Waals surface area contributed by atoms with Crippen molar-refractivity contribution in [1.29, 1.82) is 0 Å². The second-order valence-electron chi connectivity index (χ2n) is 39.6. The van der Waals surface area contributed by atoms with Crippen LogP contribution in [0.3, 0.4) is 0 Å². The topological polar surface area (TPSA) is 227 Å². The third-order valence-corrected chi connectivity index (χ3v) is 27.4. The smallest absolute Gasteiger partial charge is 0.444 e. The SMILES string of the molecule is CC(C)(C)OC(=O)N1CCC[C@H]1c1nc2cc(-c3ccc4cc(-c5cnc6c(c5)nc([C@@H]5CCCN5C(=O)OC(C)(C)C)n6COCC[Si](C)(C)C)ccc4c3)cnc2n1COCC[Si](C)(C)C.CC(C)(C)OC(=O)N1CCC[C@H]1c1nc2cc(-c3ccc4cc(B5OC(C)(C)C(C)(C)O5)ccc4c3)cnc2n1COCC[Si](C)(C)C. The first-order chi connectivity index (χ1) is 54.4. The molecule has 10 heterocycles. The van der Waals surface area contributed by atoms with Gasteiger partial charge in [-0.15, -0.1) is 0 Å². The quantitative estimate of drug-likeness (QED) is 0.0349. The minimum Gasteiger partial charge on any atom is -0.444 e. The lowest BCUT2D eigenvalue weighted by Gasteiger charge is -2.32. The van der Waals surface area contributed by atoms with E-state index in [0.29, 0.717) is 59.6 Å². The van der Waals surface area contributed by atoms with Crippen molar-refractivity contribution in [3.8, 4) is 33.4 Å². The second kappa shape index (κ2) is 33.4. The predicted octanol–water partition coefficient (Wildman–Crippen LogP) is 20.4. The molecule has 3 amide bonds. The van der Waals surface area contributed by atoms with Gasteiger partial charge in [0.05, 0.1) is 29.3 Å². The van der Waals surface area contributed by atoms with Gasteiger partial charge in [0, 0.05) is 99.0 Å². The van der Waals surface area contributed by atoms with Gasteiger partial charge in [0.25, 0.3) is 0 Å². The molecule has 10 aromatic rings. The Kier molecular flexibility index (Phi) is 24.6. The molecule has 4 saturated heterocycles. The molecular weight excluding hydrogens is 1510 g/mol. The summed E-state index contributed by atoms with van der Waals surface area (Å²) in [5.74, 6) is 2.34. The van der Waals surface area contributed by atoms with Gasteiger partial charge in [0.2, 0.25) is 0 Å². The fourth-order valence-electron chi connectivity index (χ4n) is 15.2. The third kappa shape index (κ3) is 20.3. The van der Waals surface area contributed by atoms with Crippen molar-refractivity contribution in [3.63, 3.8) is 0 Å². The van der Waals surface area contributed by atoms with Crippen LogP contribution in [-0.2, 0) is 57.9 Å². The van der Waals surface area contributed by atoms with E-state index in [9.17, 15) is 14.4 Å². The molecule has 4 aliphatic heterocycles. The molecule has 0 radical (unpaired) electrons. The van der Waals surface area contributed by atoms with Gasteiger partial charge in [0.1, 0.15) is 71.0 Å². The summed E-state index contributed by atoms with van der Waals surface area (Å²) in [4.78, 5) is 76.0. The lowest BCUT2D eigenvalue weighted by molar-refractivity contribution is 0.00578. The number of hydrogen-bond acceptors (Lipinski definition) is 17. The summed E-state index contributed by atoms with van der Waals surface area (Å²) in [5, 5.41) is 4.41. The zero-order valence-electron chi connectivity index (χ0n) is 72.8. The fourth-order valence-corrected chi connectivity index (χ4v) is 17.5. The van der Waals surface area contributed by atoms with Gasteiger partial charge >= 0.3 is 25.4 Å². The number of likely N-dealkylation sites (tertiary alicyclic amines) is 3. The number of benzene rings is 4. The lowest BCUT2D eigenvalue weighted by atomic mass is 9.78. The highest BCUT2D eigenvalue weighted by Gasteiger charge is 2.52. The number of ether oxygens (including phenoxy) is 6. The highest BCUT2D eigenvalue weighted by Crippen LogP contribution is 2.42. The van der Waals surface area contributed by atoms with Gasteiger partial charge in [-0.05, 0) is 227 Å². The monoisotopic (exact) mass is 1630 g/mol. The molecule has 6 aromatic heterocycles. The minimum atomic E-state index is -1.30. The Hall–Kier alpha value is -8.41. The number of fused-ring (bicyclic) bond motifs is 5. The van der Waals surface area contributed by atoms with Gasteiger partial charge in [-0.2, -0.15) is 0 Å². The van der Waals surface area contributed by atoms with Gasteiger partial charge in [0.15, 0.2) is 16.9 Å². The molecule has 27 heteroatoms. The third-order valence-electron chi connectivity index (χ3n) is 22.3. The summed E-state index contributed by atoms with van der Waals surface area (Å²) in [6.07, 6.45) is 9.76. The molecule has 4 aromatic carbocycles. The zero-order chi connectivity index (χ0) is 83.4. The normalized spacial score (nSPS) is 18.2. The van der Waals surface area contributed by atoms with Crippen molar-refractivity contribution in [2.45, 2.75) is 272 Å². The van der Waals surface area contributed by atoms with Crippen molar-refractivity contribution in [2.24, 2.45) is 0 Å². The molecule has 0 aliphatic carbocycles. The van der Waals surface area contributed by atoms with Crippen molar-refractivity contribution in [2.75, 3.05) is 39.5 Å². The number of rotatable bonds is 22. The molecule has 4 fully saturated rings. The molecule has 0 unspecified atom stereocenters. The summed E-state index contributed by atoms with van der Waals surface area (Å²) in [6, 6.07) is 34.5. The maximum absolute atomic E-state index is 13.4. The molecule has 4 aliphatic rings. The van der Waals surface area contributed by atoms with Gasteiger partial charge < -0.3 is 37.7 Å². The van der Waals surface area contributed by atoms with Crippen molar-refractivity contribution >= 4 is 110 Å². The van der Waals surface area contributed by atoms with Crippen LogP contribution in [0.5, 0.6) is 0 Å². The maximum Gasteiger partial charge on any atom is 0.494 e. The van der Waals surface area contributed by atoms with E-state index in [2.05, 4.69) is 178 Å². The summed E-state index contributed by atoms with van der Waals surface area (Å²) >= 11 is 0. The van der Waals surface area contributed by atoms with Crippen LogP contribution in [0.25, 0.3) is 88.4 Å². The Bertz CT molecular complexity index is 5050. The first-order valence-electron chi connectivity index (χ1n) is 41.7. The predicted molar refractivity (Wildman–Crippen MR) is 470 cm³/mol. The standard InChI is InChI=1S/C52H72N8O6Si2.C37H51BN4O5Si/c1-51(2,3)65-49(61)57-21-13-15-43(57)47-55-41-29-39(31-53-45(41)59(47)33-63-23-25-67(7,8)9)37-19-17-36-28-38(20-18-35(36)27-37)40-30-42-46(54-32-40)60(34-64-24-26-68(10,11)12)48(56-42)44-16-14-22-58(44)50(62)66-52(4,5)6;1-35(2,3)45-34(43)41-17-11-12-31(41)33-40-30-22-28(23-39-32(30)42(33)24-44-18-19-48(8,9)10)26-13-14-27-21-29(16-15-25(27)20-26)38-46-36(4,5)37(6,7)47-38/h17-20,27-32,43-44H,13-16,21-26,33-34H2,1-12H3;13-16,20-23,31H,11-12,17-19,24H2,1-10H3/t43-,44-;31-/m00/s1. The number of carbonyl (C=O) groups is 3. The van der Waals surface area contributed by atoms with Gasteiger partial charge in [-0.1, -0.05) is 114 Å². The van der Waals surface area contributed by atoms with Crippen molar-refractivity contribution in [1.82, 2.24) is 58.3 Å². The number of imidazole rings is 3. The Labute approximate surface area is 688 Å². The molecule has 116 heavy (non-hydrogen) atoms. The molecule has 14 rings (SSSR count). The van der Waals surface area contributed by atoms with E-state index in [1.54, 1.807) is 0 Å². The highest BCUT2D eigenvalue weighted by atomic mass is 28.3. The van der Waals surface area contributed by atoms with E-state index < -0.39 is 48.1 Å². The summed E-state index contributed by atoms with van der Waals surface area (Å²) in [6.45, 7) is 51.3. The van der Waals surface area contributed by atoms with Crippen molar-refractivity contribution < 1.29 is 52.1 Å². The molecule has 0 saturated carbocycles. The van der Waals surface area contributed by atoms with Crippen LogP contribution < -0.4 is 5.46 Å². The largest absolute Gasteiger partial charge is 0.494 e. The highest BCUT2D eigenvalue weighted by molar-refractivity contribution is 6.76. The van der Waals surface area contributed by atoms with E-state index in [-0.39, 0.29) is 47.6 Å². The zero-order valence-corrected chi connectivity index (χ0v) is 75.8. The number of carbonyl (C=O) groups excluding carboxylic acids is 3. The molecule has 0 N–H and O–H groups in total. The Morgan fingerprint density at radius 1 is 0.414 bits per heavy atom. The van der Waals surface area contributed by atoms with Crippen LogP contribution in [0, 0.1) is 0 Å². The van der Waals surface area contributed by atoms with E-state index >= 15 is 0 Å². The molecule has 0 bridgehead atoms. The van der Waals surface area contributed by atoms with Crippen LogP contribution in [-0.4, -0.2) is 175 Å². The van der Waals surface area contributed by atoms with Crippen LogP contribution in [0.1, 0.15) is 164 Å². The maximum atomic E-state index is 13.4. The van der Waals surface area contributed by atoms with E-state index in [0.717, 1.165) is 168 Å². The van der Waals surface area contributed by atoms with Crippen LogP contribution in [0.4, 0.5) is 14.4 Å². The number of pyridine rings is 3. The molecule has 620 valence electrons. The molecular formula is C89H123BN12O11Si3. The van der Waals surface area contributed by atoms with Gasteiger partial charge in [-0.25, -0.2) is 44.3 Å². The molecule has 3 atom stereocenters. The van der Waals surface area contributed by atoms with Crippen LogP contribution >= 0.6 is 0 Å². The first kappa shape index (κ1) is 85.5. The van der Waals surface area contributed by atoms with Crippen LogP contribution in [0.2, 0.25) is 77.1 Å². The van der Waals surface area contributed by atoms with Gasteiger partial charge in [-0.3, -0.25) is 28.4 Å². The number of hydrogen-bond donors (Lipinski definition) is 0. The number of nitrogens with zero attached hydrogens (tertiary/aromatic N) is 12. The van der Waals surface area contributed by atoms with E-state index in [4.69, 9.17) is 67.6 Å². The first-order valence-corrected chi connectivity index (χ1v) is 52.8. The average Bonchev–Trinajstić information content (AvgIpc) is 1.61. The molecule has 0 spiro atoms. The number of amides is 3. The van der Waals surface area contributed by atoms with E-state index in [1.165, 1.54) is 0 Å². The fraction of sp³-hybridized carbons (Fsp3) is 0.539. The Morgan fingerprint density at radius 2 is 0.698 bits per heavy atom. The number of aromatic nitrogens is 9. The minimum absolute atomic E-state index is 0.211. The Balaban J connectivity index is 0.000000214. The van der Waals surface area contributed by atoms with E-state index in [1.807, 2.05) is 109 Å². The lowest BCUT2D eigenvalue weighted by Crippen LogP contribution is -2.41. The van der Waals surface area contributed by atoms with Crippen molar-refractivity contribution in [3.05, 3.63) is 127 Å². The average molecular weight is 1630 g/mol. The second-order valence-corrected chi connectivity index (χ2v) is 56.5. The summed E-state index contributed by atoms with van der Waals surface area (Å²) in [7, 11) is -4.25. The molecule has 23 nitrogen and oxygen atoms in total.